The molecule has 0 unspecified atom stereocenters. The molecule has 1 heterocycles. The Labute approximate surface area is 132 Å². The van der Waals surface area contributed by atoms with E-state index in [2.05, 4.69) is 4.98 Å². The van der Waals surface area contributed by atoms with Crippen molar-refractivity contribution < 1.29 is 13.2 Å². The first-order valence-corrected chi connectivity index (χ1v) is 9.43. The Kier molecular flexibility index (Phi) is 4.07. The van der Waals surface area contributed by atoms with Crippen molar-refractivity contribution in [3.05, 3.63) is 12.5 Å². The Morgan fingerprint density at radius 1 is 1.45 bits per heavy atom. The van der Waals surface area contributed by atoms with Crippen LogP contribution in [-0.4, -0.2) is 48.1 Å². The summed E-state index contributed by atoms with van der Waals surface area (Å²) in [5.74, 6) is 0. The molecule has 6 nitrogen and oxygen atoms in total. The Morgan fingerprint density at radius 2 is 2.14 bits per heavy atom. The van der Waals surface area contributed by atoms with Crippen molar-refractivity contribution in [1.82, 2.24) is 13.9 Å². The zero-order chi connectivity index (χ0) is 16.0. The summed E-state index contributed by atoms with van der Waals surface area (Å²) < 4.78 is 34.7. The molecule has 0 radical (unpaired) electrons. The Balaban J connectivity index is 1.84. The van der Waals surface area contributed by atoms with Crippen molar-refractivity contribution in [2.75, 3.05) is 13.7 Å². The second-order valence-corrected chi connectivity index (χ2v) is 8.48. The lowest BCUT2D eigenvalue weighted by Gasteiger charge is -2.56. The van der Waals surface area contributed by atoms with Crippen LogP contribution in [0.4, 0.5) is 0 Å². The van der Waals surface area contributed by atoms with Gasteiger partial charge in [-0.3, -0.25) is 0 Å². The Hall–Kier alpha value is -0.920. The van der Waals surface area contributed by atoms with Gasteiger partial charge in [-0.1, -0.05) is 12.8 Å². The van der Waals surface area contributed by atoms with Crippen LogP contribution in [-0.2, 0) is 21.8 Å². The van der Waals surface area contributed by atoms with Crippen molar-refractivity contribution in [3.8, 4) is 0 Å². The first-order chi connectivity index (χ1) is 10.4. The van der Waals surface area contributed by atoms with Gasteiger partial charge < -0.3 is 9.30 Å². The highest BCUT2D eigenvalue weighted by Crippen LogP contribution is 2.57. The molecule has 3 rings (SSSR count). The van der Waals surface area contributed by atoms with E-state index in [1.807, 2.05) is 6.92 Å². The average Bonchev–Trinajstić information content (AvgIpc) is 3.12. The molecule has 2 aliphatic carbocycles. The number of hydrogen-bond donors (Lipinski definition) is 0. The van der Waals surface area contributed by atoms with Crippen LogP contribution in [0.15, 0.2) is 17.6 Å². The molecule has 0 N–H and O–H groups in total. The number of imidazole rings is 1. The lowest BCUT2D eigenvalue weighted by atomic mass is 9.60. The van der Waals surface area contributed by atoms with E-state index >= 15 is 0 Å². The quantitative estimate of drug-likeness (QED) is 0.827. The van der Waals surface area contributed by atoms with Gasteiger partial charge in [-0.25, -0.2) is 13.4 Å². The van der Waals surface area contributed by atoms with E-state index in [4.69, 9.17) is 4.74 Å². The lowest BCUT2D eigenvalue weighted by Crippen LogP contribution is -2.63. The summed E-state index contributed by atoms with van der Waals surface area (Å²) in [7, 11) is -0.0661. The van der Waals surface area contributed by atoms with E-state index in [0.717, 1.165) is 32.1 Å². The average molecular weight is 327 g/mol. The van der Waals surface area contributed by atoms with Gasteiger partial charge in [0.2, 0.25) is 0 Å². The van der Waals surface area contributed by atoms with Crippen LogP contribution in [0.1, 0.15) is 39.0 Å². The monoisotopic (exact) mass is 327 g/mol. The summed E-state index contributed by atoms with van der Waals surface area (Å²) in [6.07, 6.45) is 8.52. The normalized spacial score (nSPS) is 27.5. The van der Waals surface area contributed by atoms with Crippen LogP contribution in [0, 0.1) is 5.41 Å². The molecule has 22 heavy (non-hydrogen) atoms. The third kappa shape index (κ3) is 2.30. The topological polar surface area (TPSA) is 64.4 Å². The molecular weight excluding hydrogens is 302 g/mol. The predicted molar refractivity (Wildman–Crippen MR) is 82.9 cm³/mol. The van der Waals surface area contributed by atoms with Gasteiger partial charge in [-0.2, -0.15) is 4.31 Å². The smallest absolute Gasteiger partial charge is 0.262 e. The molecule has 0 saturated heterocycles. The van der Waals surface area contributed by atoms with Crippen LogP contribution < -0.4 is 0 Å². The molecular formula is C15H25N3O3S. The summed E-state index contributed by atoms with van der Waals surface area (Å²) in [6.45, 7) is 2.69. The first kappa shape index (κ1) is 16.0. The van der Waals surface area contributed by atoms with Crippen LogP contribution in [0.5, 0.6) is 0 Å². The van der Waals surface area contributed by atoms with Crippen LogP contribution in [0.25, 0.3) is 0 Å². The van der Waals surface area contributed by atoms with Crippen molar-refractivity contribution in [1.29, 1.82) is 0 Å². The van der Waals surface area contributed by atoms with Gasteiger partial charge >= 0.3 is 0 Å². The van der Waals surface area contributed by atoms with E-state index in [9.17, 15) is 8.42 Å². The second-order valence-electron chi connectivity index (χ2n) is 6.53. The minimum absolute atomic E-state index is 0.00656. The predicted octanol–water partition coefficient (Wildman–Crippen LogP) is 1.78. The molecule has 1 aromatic rings. The van der Waals surface area contributed by atoms with E-state index in [-0.39, 0.29) is 22.6 Å². The Bertz CT molecular complexity index is 634. The van der Waals surface area contributed by atoms with Crippen molar-refractivity contribution in [2.24, 2.45) is 12.5 Å². The highest BCUT2D eigenvalue weighted by atomic mass is 32.2. The maximum Gasteiger partial charge on any atom is 0.262 e. The second kappa shape index (κ2) is 5.62. The van der Waals surface area contributed by atoms with Crippen molar-refractivity contribution >= 4 is 10.0 Å². The van der Waals surface area contributed by atoms with Crippen molar-refractivity contribution in [2.45, 2.75) is 56.2 Å². The van der Waals surface area contributed by atoms with Gasteiger partial charge in [-0.05, 0) is 26.2 Å². The fraction of sp³-hybridized carbons (Fsp3) is 0.800. The van der Waals surface area contributed by atoms with E-state index in [0.29, 0.717) is 6.61 Å². The van der Waals surface area contributed by atoms with Gasteiger partial charge in [-0.15, -0.1) is 0 Å². The number of ether oxygens (including phenoxy) is 1. The number of rotatable bonds is 5. The molecule has 2 fully saturated rings. The van der Waals surface area contributed by atoms with Gasteiger partial charge in [0.05, 0.1) is 12.4 Å². The van der Waals surface area contributed by atoms with Crippen molar-refractivity contribution in [3.63, 3.8) is 0 Å². The molecule has 1 spiro atoms. The van der Waals surface area contributed by atoms with Crippen LogP contribution in [0.2, 0.25) is 0 Å². The highest BCUT2D eigenvalue weighted by Gasteiger charge is 2.59. The number of aromatic nitrogens is 2. The molecule has 0 aliphatic heterocycles. The summed E-state index contributed by atoms with van der Waals surface area (Å²) in [4.78, 5) is 4.02. The molecule has 2 atom stereocenters. The van der Waals surface area contributed by atoms with E-state index in [1.165, 1.54) is 10.6 Å². The van der Waals surface area contributed by atoms with Gasteiger partial charge in [0.25, 0.3) is 10.0 Å². The van der Waals surface area contributed by atoms with E-state index in [1.54, 1.807) is 24.9 Å². The van der Waals surface area contributed by atoms with Crippen LogP contribution in [0.3, 0.4) is 0 Å². The molecule has 124 valence electrons. The summed E-state index contributed by atoms with van der Waals surface area (Å²) in [5, 5.41) is 0.130. The van der Waals surface area contributed by atoms with E-state index < -0.39 is 10.0 Å². The maximum atomic E-state index is 12.8. The molecule has 7 heteroatoms. The lowest BCUT2D eigenvalue weighted by molar-refractivity contribution is -0.145. The summed E-state index contributed by atoms with van der Waals surface area (Å²) in [5.41, 5.74) is 0.00656. The molecule has 1 aromatic heterocycles. The summed E-state index contributed by atoms with van der Waals surface area (Å²) in [6, 6.07) is 0.0264. The van der Waals surface area contributed by atoms with Gasteiger partial charge in [0.15, 0.2) is 5.03 Å². The molecule has 0 amide bonds. The Morgan fingerprint density at radius 3 is 2.68 bits per heavy atom. The minimum atomic E-state index is -3.53. The standard InChI is InChI=1S/C15H25N3O3S/c1-4-21-13-9-12(15(13)7-5-6-8-15)18(3)22(19,20)14-10-17(2)11-16-14/h10-13H,4-9H2,1-3H3/t12-,13-/m0/s1. The molecule has 2 saturated carbocycles. The number of hydrogen-bond acceptors (Lipinski definition) is 4. The third-order valence-electron chi connectivity index (χ3n) is 5.41. The molecule has 0 bridgehead atoms. The number of sulfonamides is 1. The van der Waals surface area contributed by atoms with Gasteiger partial charge in [0.1, 0.15) is 0 Å². The number of aryl methyl sites for hydroxylation is 1. The molecule has 0 aromatic carbocycles. The first-order valence-electron chi connectivity index (χ1n) is 7.99. The largest absolute Gasteiger partial charge is 0.378 e. The fourth-order valence-electron chi connectivity index (χ4n) is 4.20. The van der Waals surface area contributed by atoms with Gasteiger partial charge in [0, 0.05) is 38.4 Å². The van der Waals surface area contributed by atoms with Crippen LogP contribution >= 0.6 is 0 Å². The summed E-state index contributed by atoms with van der Waals surface area (Å²) >= 11 is 0. The molecule has 2 aliphatic rings. The zero-order valence-electron chi connectivity index (χ0n) is 13.5. The minimum Gasteiger partial charge on any atom is -0.378 e. The zero-order valence-corrected chi connectivity index (χ0v) is 14.3. The number of nitrogens with zero attached hydrogens (tertiary/aromatic N) is 3. The fourth-order valence-corrected chi connectivity index (χ4v) is 5.60. The maximum absolute atomic E-state index is 12.8. The third-order valence-corrected chi connectivity index (χ3v) is 7.16. The SMILES string of the molecule is CCO[C@H]1C[C@H](N(C)S(=O)(=O)c2cn(C)cn2)C12CCCC2. The highest BCUT2D eigenvalue weighted by molar-refractivity contribution is 7.89.